The SMILES string of the molecule is CN=C(NCCCOCc1ccco1)NCc1cccc(OCC(C)C)c1. The van der Waals surface area contributed by atoms with Gasteiger partial charge in [-0.2, -0.15) is 0 Å². The monoisotopic (exact) mass is 373 g/mol. The highest BCUT2D eigenvalue weighted by Gasteiger charge is 2.02. The van der Waals surface area contributed by atoms with Crippen molar-refractivity contribution < 1.29 is 13.9 Å². The molecule has 2 aromatic rings. The summed E-state index contributed by atoms with van der Waals surface area (Å²) in [4.78, 5) is 4.25. The number of aliphatic imine (C=N–C) groups is 1. The Balaban J connectivity index is 1.62. The molecule has 0 saturated carbocycles. The van der Waals surface area contributed by atoms with Gasteiger partial charge >= 0.3 is 0 Å². The van der Waals surface area contributed by atoms with Gasteiger partial charge in [0.2, 0.25) is 0 Å². The smallest absolute Gasteiger partial charge is 0.191 e. The summed E-state index contributed by atoms with van der Waals surface area (Å²) in [5, 5.41) is 6.61. The zero-order chi connectivity index (χ0) is 19.3. The fourth-order valence-electron chi connectivity index (χ4n) is 2.36. The molecule has 0 aliphatic heterocycles. The number of hydrogen-bond donors (Lipinski definition) is 2. The quantitative estimate of drug-likeness (QED) is 0.358. The minimum absolute atomic E-state index is 0.509. The number of hydrogen-bond acceptors (Lipinski definition) is 4. The van der Waals surface area contributed by atoms with E-state index >= 15 is 0 Å². The number of rotatable bonds is 11. The summed E-state index contributed by atoms with van der Waals surface area (Å²) in [6.45, 7) is 7.66. The largest absolute Gasteiger partial charge is 0.493 e. The predicted molar refractivity (Wildman–Crippen MR) is 108 cm³/mol. The molecule has 0 fully saturated rings. The van der Waals surface area contributed by atoms with Gasteiger partial charge in [0.05, 0.1) is 12.9 Å². The minimum atomic E-state index is 0.509. The van der Waals surface area contributed by atoms with Crippen molar-refractivity contribution in [2.45, 2.75) is 33.4 Å². The summed E-state index contributed by atoms with van der Waals surface area (Å²) in [5.41, 5.74) is 1.15. The van der Waals surface area contributed by atoms with Gasteiger partial charge in [0, 0.05) is 26.7 Å². The minimum Gasteiger partial charge on any atom is -0.493 e. The molecule has 2 rings (SSSR count). The molecule has 1 heterocycles. The number of furan rings is 1. The van der Waals surface area contributed by atoms with Crippen molar-refractivity contribution in [3.05, 3.63) is 54.0 Å². The maximum atomic E-state index is 5.78. The van der Waals surface area contributed by atoms with E-state index in [4.69, 9.17) is 13.9 Å². The first-order chi connectivity index (χ1) is 13.2. The van der Waals surface area contributed by atoms with Crippen LogP contribution in [-0.4, -0.2) is 32.8 Å². The Morgan fingerprint density at radius 2 is 2.07 bits per heavy atom. The Morgan fingerprint density at radius 1 is 1.19 bits per heavy atom. The Hall–Kier alpha value is -2.47. The molecule has 2 N–H and O–H groups in total. The summed E-state index contributed by atoms with van der Waals surface area (Å²) < 4.78 is 16.6. The number of nitrogens with zero attached hydrogens (tertiary/aromatic N) is 1. The third-order valence-corrected chi connectivity index (χ3v) is 3.75. The highest BCUT2D eigenvalue weighted by atomic mass is 16.5. The lowest BCUT2D eigenvalue weighted by Gasteiger charge is -2.13. The third kappa shape index (κ3) is 8.64. The Labute approximate surface area is 162 Å². The molecule has 6 heteroatoms. The molecule has 0 bridgehead atoms. The fraction of sp³-hybridized carbons (Fsp3) is 0.476. The van der Waals surface area contributed by atoms with Crippen LogP contribution in [-0.2, 0) is 17.9 Å². The van der Waals surface area contributed by atoms with Crippen LogP contribution in [0.3, 0.4) is 0 Å². The Kier molecular flexibility index (Phi) is 9.27. The summed E-state index contributed by atoms with van der Waals surface area (Å²) >= 11 is 0. The highest BCUT2D eigenvalue weighted by Crippen LogP contribution is 2.14. The maximum absolute atomic E-state index is 5.78. The lowest BCUT2D eigenvalue weighted by molar-refractivity contribution is 0.105. The van der Waals surface area contributed by atoms with E-state index in [1.54, 1.807) is 13.3 Å². The summed E-state index contributed by atoms with van der Waals surface area (Å²) in [6.07, 6.45) is 2.54. The van der Waals surface area contributed by atoms with Crippen LogP contribution in [0.15, 0.2) is 52.1 Å². The molecule has 0 saturated heterocycles. The first-order valence-electron chi connectivity index (χ1n) is 9.43. The van der Waals surface area contributed by atoms with Crippen LogP contribution >= 0.6 is 0 Å². The predicted octanol–water partition coefficient (Wildman–Crippen LogP) is 3.59. The molecule has 0 radical (unpaired) electrons. The van der Waals surface area contributed by atoms with E-state index in [9.17, 15) is 0 Å². The average molecular weight is 373 g/mol. The lowest BCUT2D eigenvalue weighted by atomic mass is 10.2. The zero-order valence-corrected chi connectivity index (χ0v) is 16.5. The van der Waals surface area contributed by atoms with Gasteiger partial charge in [0.25, 0.3) is 0 Å². The van der Waals surface area contributed by atoms with Crippen LogP contribution in [0.2, 0.25) is 0 Å². The van der Waals surface area contributed by atoms with Gasteiger partial charge in [-0.25, -0.2) is 0 Å². The van der Waals surface area contributed by atoms with Crippen LogP contribution in [0.5, 0.6) is 5.75 Å². The highest BCUT2D eigenvalue weighted by molar-refractivity contribution is 5.79. The van der Waals surface area contributed by atoms with E-state index < -0.39 is 0 Å². The molecule has 0 amide bonds. The van der Waals surface area contributed by atoms with Gasteiger partial charge in [-0.1, -0.05) is 26.0 Å². The van der Waals surface area contributed by atoms with Gasteiger partial charge in [-0.3, -0.25) is 4.99 Å². The molecular formula is C21H31N3O3. The number of nitrogens with one attached hydrogen (secondary N) is 2. The van der Waals surface area contributed by atoms with Crippen molar-refractivity contribution in [3.8, 4) is 5.75 Å². The van der Waals surface area contributed by atoms with Crippen LogP contribution in [0.4, 0.5) is 0 Å². The van der Waals surface area contributed by atoms with Crippen molar-refractivity contribution in [2.75, 3.05) is 26.8 Å². The zero-order valence-electron chi connectivity index (χ0n) is 16.5. The van der Waals surface area contributed by atoms with Crippen molar-refractivity contribution >= 4 is 5.96 Å². The molecule has 0 unspecified atom stereocenters. The molecule has 0 aliphatic rings. The molecule has 0 spiro atoms. The Bertz CT molecular complexity index is 669. The Morgan fingerprint density at radius 3 is 2.81 bits per heavy atom. The standard InChI is InChI=1S/C21H31N3O3/c1-17(2)15-27-19-8-4-7-18(13-19)14-24-21(22-3)23-10-6-11-25-16-20-9-5-12-26-20/h4-5,7-9,12-13,17H,6,10-11,14-16H2,1-3H3,(H2,22,23,24). The van der Waals surface area contributed by atoms with Crippen molar-refractivity contribution in [1.29, 1.82) is 0 Å². The van der Waals surface area contributed by atoms with E-state index in [0.29, 0.717) is 25.7 Å². The summed E-state index contributed by atoms with van der Waals surface area (Å²) in [7, 11) is 1.77. The second-order valence-electron chi connectivity index (χ2n) is 6.69. The summed E-state index contributed by atoms with van der Waals surface area (Å²) in [5.74, 6) is 3.03. The summed E-state index contributed by atoms with van der Waals surface area (Å²) in [6, 6.07) is 11.9. The van der Waals surface area contributed by atoms with Gasteiger partial charge in [-0.15, -0.1) is 0 Å². The van der Waals surface area contributed by atoms with Crippen LogP contribution in [0.25, 0.3) is 0 Å². The molecular weight excluding hydrogens is 342 g/mol. The van der Waals surface area contributed by atoms with E-state index in [0.717, 1.165) is 42.6 Å². The second-order valence-corrected chi connectivity index (χ2v) is 6.69. The molecule has 6 nitrogen and oxygen atoms in total. The fourth-order valence-corrected chi connectivity index (χ4v) is 2.36. The van der Waals surface area contributed by atoms with Crippen molar-refractivity contribution in [2.24, 2.45) is 10.9 Å². The van der Waals surface area contributed by atoms with Crippen molar-refractivity contribution in [3.63, 3.8) is 0 Å². The van der Waals surface area contributed by atoms with Gasteiger partial charge in [0.15, 0.2) is 5.96 Å². The van der Waals surface area contributed by atoms with E-state index in [-0.39, 0.29) is 0 Å². The molecule has 27 heavy (non-hydrogen) atoms. The number of benzene rings is 1. The normalized spacial score (nSPS) is 11.6. The van der Waals surface area contributed by atoms with Gasteiger partial charge in [0.1, 0.15) is 18.1 Å². The average Bonchev–Trinajstić information content (AvgIpc) is 3.19. The van der Waals surface area contributed by atoms with E-state index in [2.05, 4.69) is 41.6 Å². The lowest BCUT2D eigenvalue weighted by Crippen LogP contribution is -2.37. The van der Waals surface area contributed by atoms with Crippen LogP contribution in [0, 0.1) is 5.92 Å². The van der Waals surface area contributed by atoms with Gasteiger partial charge < -0.3 is 24.5 Å². The van der Waals surface area contributed by atoms with E-state index in [1.807, 2.05) is 24.3 Å². The van der Waals surface area contributed by atoms with Crippen molar-refractivity contribution in [1.82, 2.24) is 10.6 Å². The van der Waals surface area contributed by atoms with Crippen LogP contribution in [0.1, 0.15) is 31.6 Å². The molecule has 1 aromatic heterocycles. The molecule has 1 aromatic carbocycles. The number of ether oxygens (including phenoxy) is 2. The molecule has 0 atom stereocenters. The topological polar surface area (TPSA) is 68.0 Å². The maximum Gasteiger partial charge on any atom is 0.191 e. The second kappa shape index (κ2) is 12.0. The molecule has 148 valence electrons. The van der Waals surface area contributed by atoms with Crippen LogP contribution < -0.4 is 15.4 Å². The first kappa shape index (κ1) is 20.8. The van der Waals surface area contributed by atoms with Gasteiger partial charge in [-0.05, 0) is 42.2 Å². The van der Waals surface area contributed by atoms with E-state index in [1.165, 1.54) is 0 Å². The third-order valence-electron chi connectivity index (χ3n) is 3.75. The number of guanidine groups is 1. The first-order valence-corrected chi connectivity index (χ1v) is 9.43. The molecule has 0 aliphatic carbocycles.